The van der Waals surface area contributed by atoms with E-state index in [0.29, 0.717) is 0 Å². The molecule has 28 heavy (non-hydrogen) atoms. The summed E-state index contributed by atoms with van der Waals surface area (Å²) in [7, 11) is 0. The summed E-state index contributed by atoms with van der Waals surface area (Å²) in [5.41, 5.74) is 2.54. The molecule has 0 aliphatic carbocycles. The van der Waals surface area contributed by atoms with Gasteiger partial charge in [0.15, 0.2) is 10.9 Å². The summed E-state index contributed by atoms with van der Waals surface area (Å²) in [4.78, 5) is 4.59. The molecule has 0 amide bonds. The maximum absolute atomic E-state index is 5.60. The van der Waals surface area contributed by atoms with Crippen LogP contribution in [0, 0.1) is 6.92 Å². The molecule has 3 aromatic rings. The van der Waals surface area contributed by atoms with Crippen molar-refractivity contribution in [3.8, 4) is 0 Å². The quantitative estimate of drug-likeness (QED) is 0.669. The molecule has 0 spiro atoms. The highest BCUT2D eigenvalue weighted by Crippen LogP contribution is 2.13. The van der Waals surface area contributed by atoms with Gasteiger partial charge < -0.3 is 14.6 Å². The van der Waals surface area contributed by atoms with E-state index in [2.05, 4.69) is 51.4 Å². The van der Waals surface area contributed by atoms with Crippen molar-refractivity contribution in [1.82, 2.24) is 19.6 Å². The van der Waals surface area contributed by atoms with Crippen molar-refractivity contribution in [2.45, 2.75) is 20.0 Å². The molecule has 0 bridgehead atoms. The number of benzene rings is 1. The number of hydrogen-bond acceptors (Lipinski definition) is 4. The molecule has 0 radical (unpaired) electrons. The Balaban J connectivity index is 1.27. The molecule has 2 aromatic heterocycles. The first-order valence-electron chi connectivity index (χ1n) is 9.56. The molecule has 1 saturated heterocycles. The molecule has 3 heterocycles. The van der Waals surface area contributed by atoms with Gasteiger partial charge in [0.05, 0.1) is 19.4 Å². The van der Waals surface area contributed by atoms with Crippen molar-refractivity contribution in [1.29, 1.82) is 0 Å². The van der Waals surface area contributed by atoms with Crippen LogP contribution in [0.1, 0.15) is 16.9 Å². The van der Waals surface area contributed by atoms with Gasteiger partial charge in [0.1, 0.15) is 5.76 Å². The Morgan fingerprint density at radius 2 is 1.89 bits per heavy atom. The molecule has 7 heteroatoms. The van der Waals surface area contributed by atoms with Crippen LogP contribution in [-0.4, -0.2) is 50.9 Å². The highest BCUT2D eigenvalue weighted by molar-refractivity contribution is 7.80. The Labute approximate surface area is 170 Å². The number of aromatic nitrogens is 2. The fourth-order valence-corrected chi connectivity index (χ4v) is 3.69. The number of nitrogens with zero attached hydrogens (tertiary/aromatic N) is 4. The minimum absolute atomic E-state index is 0.735. The Morgan fingerprint density at radius 1 is 1.07 bits per heavy atom. The molecule has 146 valence electrons. The molecule has 6 nitrogen and oxygen atoms in total. The van der Waals surface area contributed by atoms with Crippen LogP contribution < -0.4 is 5.32 Å². The molecule has 1 aliphatic heterocycles. The van der Waals surface area contributed by atoms with Crippen LogP contribution in [0.3, 0.4) is 0 Å². The lowest BCUT2D eigenvalue weighted by atomic mass is 10.1. The number of aryl methyl sites for hydroxylation is 1. The van der Waals surface area contributed by atoms with Crippen molar-refractivity contribution in [2.75, 3.05) is 31.5 Å². The molecule has 4 rings (SSSR count). The van der Waals surface area contributed by atoms with Crippen LogP contribution in [0.4, 0.5) is 5.82 Å². The zero-order valence-corrected chi connectivity index (χ0v) is 16.9. The van der Waals surface area contributed by atoms with Gasteiger partial charge in [0.2, 0.25) is 0 Å². The number of thiocarbonyl (C=S) groups is 1. The normalized spacial score (nSPS) is 15.0. The van der Waals surface area contributed by atoms with Gasteiger partial charge in [0.25, 0.3) is 0 Å². The van der Waals surface area contributed by atoms with E-state index in [9.17, 15) is 0 Å². The molecule has 0 saturated carbocycles. The maximum Gasteiger partial charge on any atom is 0.174 e. The lowest BCUT2D eigenvalue weighted by molar-refractivity contribution is 0.166. The number of nitrogens with one attached hydrogen (secondary N) is 1. The molecular weight excluding hydrogens is 370 g/mol. The minimum atomic E-state index is 0.735. The summed E-state index contributed by atoms with van der Waals surface area (Å²) in [5, 5.41) is 8.63. The van der Waals surface area contributed by atoms with Gasteiger partial charge in [-0.05, 0) is 42.4 Å². The van der Waals surface area contributed by atoms with Gasteiger partial charge in [-0.15, -0.1) is 0 Å². The molecular formula is C21H25N5OS. The lowest BCUT2D eigenvalue weighted by Crippen LogP contribution is -2.49. The molecule has 0 unspecified atom stereocenters. The lowest BCUT2D eigenvalue weighted by Gasteiger charge is -2.35. The highest BCUT2D eigenvalue weighted by atomic mass is 32.1. The second-order valence-electron chi connectivity index (χ2n) is 7.10. The first-order valence-corrected chi connectivity index (χ1v) is 9.97. The van der Waals surface area contributed by atoms with Gasteiger partial charge in [0, 0.05) is 38.4 Å². The summed E-state index contributed by atoms with van der Waals surface area (Å²) in [6, 6.07) is 14.3. The van der Waals surface area contributed by atoms with Gasteiger partial charge >= 0.3 is 0 Å². The van der Waals surface area contributed by atoms with E-state index in [1.165, 1.54) is 11.1 Å². The van der Waals surface area contributed by atoms with Crippen molar-refractivity contribution in [3.63, 3.8) is 0 Å². The van der Waals surface area contributed by atoms with E-state index in [0.717, 1.165) is 56.0 Å². The molecule has 0 atom stereocenters. The van der Waals surface area contributed by atoms with E-state index in [-0.39, 0.29) is 0 Å². The number of rotatable bonds is 5. The zero-order chi connectivity index (χ0) is 19.3. The molecule has 1 fully saturated rings. The summed E-state index contributed by atoms with van der Waals surface area (Å²) in [6.45, 7) is 7.46. The first-order chi connectivity index (χ1) is 13.7. The fraction of sp³-hybridized carbons (Fsp3) is 0.333. The number of hydrogen-bond donors (Lipinski definition) is 1. The van der Waals surface area contributed by atoms with Crippen molar-refractivity contribution in [2.24, 2.45) is 0 Å². The zero-order valence-electron chi connectivity index (χ0n) is 16.0. The van der Waals surface area contributed by atoms with Crippen LogP contribution in [0.5, 0.6) is 0 Å². The van der Waals surface area contributed by atoms with Gasteiger partial charge in [-0.25, -0.2) is 0 Å². The average molecular weight is 396 g/mol. The predicted octanol–water partition coefficient (Wildman–Crippen LogP) is 3.35. The van der Waals surface area contributed by atoms with Crippen LogP contribution in [0.25, 0.3) is 0 Å². The standard InChI is InChI=1S/C21H25N5OS/c1-17-5-2-3-6-18(17)15-26-9-8-20(23-26)22-21(28)25-12-10-24(11-13-25)16-19-7-4-14-27-19/h2-9,14H,10-13,15-16H2,1H3,(H,22,23,28). The summed E-state index contributed by atoms with van der Waals surface area (Å²) in [5.74, 6) is 1.80. The number of anilines is 1. The topological polar surface area (TPSA) is 49.5 Å². The monoisotopic (exact) mass is 395 g/mol. The van der Waals surface area contributed by atoms with Crippen molar-refractivity contribution >= 4 is 23.1 Å². The Hall–Kier alpha value is -2.64. The van der Waals surface area contributed by atoms with E-state index in [1.54, 1.807) is 6.26 Å². The largest absolute Gasteiger partial charge is 0.468 e. The number of piperazine rings is 1. The van der Waals surface area contributed by atoms with Gasteiger partial charge in [-0.1, -0.05) is 24.3 Å². The Kier molecular flexibility index (Phi) is 5.73. The minimum Gasteiger partial charge on any atom is -0.468 e. The van der Waals surface area contributed by atoms with Crippen molar-refractivity contribution < 1.29 is 4.42 Å². The van der Waals surface area contributed by atoms with E-state index >= 15 is 0 Å². The SMILES string of the molecule is Cc1ccccc1Cn1ccc(NC(=S)N2CCN(Cc3ccco3)CC2)n1. The maximum atomic E-state index is 5.60. The molecule has 1 N–H and O–H groups in total. The summed E-state index contributed by atoms with van der Waals surface area (Å²) < 4.78 is 7.38. The third-order valence-electron chi connectivity index (χ3n) is 5.09. The highest BCUT2D eigenvalue weighted by Gasteiger charge is 2.20. The van der Waals surface area contributed by atoms with E-state index in [4.69, 9.17) is 16.6 Å². The third kappa shape index (κ3) is 4.61. The fourth-order valence-electron chi connectivity index (χ4n) is 3.40. The second-order valence-corrected chi connectivity index (χ2v) is 7.48. The van der Waals surface area contributed by atoms with E-state index in [1.807, 2.05) is 29.1 Å². The molecule has 1 aromatic carbocycles. The molecule has 1 aliphatic rings. The Morgan fingerprint density at radius 3 is 2.64 bits per heavy atom. The van der Waals surface area contributed by atoms with Gasteiger partial charge in [-0.2, -0.15) is 5.10 Å². The smallest absolute Gasteiger partial charge is 0.174 e. The van der Waals surface area contributed by atoms with Crippen LogP contribution in [-0.2, 0) is 13.1 Å². The summed E-state index contributed by atoms with van der Waals surface area (Å²) in [6.07, 6.45) is 3.71. The second kappa shape index (κ2) is 8.58. The van der Waals surface area contributed by atoms with Crippen LogP contribution in [0.15, 0.2) is 59.3 Å². The van der Waals surface area contributed by atoms with Crippen molar-refractivity contribution in [3.05, 3.63) is 71.8 Å². The van der Waals surface area contributed by atoms with Crippen LogP contribution >= 0.6 is 12.2 Å². The first kappa shape index (κ1) is 18.7. The van der Waals surface area contributed by atoms with Crippen LogP contribution in [0.2, 0.25) is 0 Å². The van der Waals surface area contributed by atoms with Gasteiger partial charge in [-0.3, -0.25) is 9.58 Å². The Bertz CT molecular complexity index is 913. The third-order valence-corrected chi connectivity index (χ3v) is 5.45. The summed E-state index contributed by atoms with van der Waals surface area (Å²) >= 11 is 5.60. The number of furan rings is 1. The van der Waals surface area contributed by atoms with E-state index < -0.39 is 0 Å². The average Bonchev–Trinajstić information content (AvgIpc) is 3.36. The predicted molar refractivity (Wildman–Crippen MR) is 114 cm³/mol.